The fraction of sp³-hybridized carbons (Fsp3) is 0.300. The van der Waals surface area contributed by atoms with Gasteiger partial charge in [-0.05, 0) is 49.7 Å². The van der Waals surface area contributed by atoms with Crippen LogP contribution < -0.4 is 4.90 Å². The Bertz CT molecular complexity index is 1120. The number of rotatable bonds is 2. The molecule has 0 aliphatic carbocycles. The summed E-state index contributed by atoms with van der Waals surface area (Å²) in [6.07, 6.45) is 1.24. The van der Waals surface area contributed by atoms with E-state index in [0.29, 0.717) is 17.0 Å². The molecule has 2 N–H and O–H groups in total. The monoisotopic (exact) mass is 365 g/mol. The standard InChI is InChI=1S/C20H20FN5O/c1-12-11-26(7-2-8-27-12)14-4-6-16-18(10-14)23-20(22-16)19-15-5-3-13(21)9-17(15)24-25-19/h3-6,9-10,12H,2,7-8,11H2,1H3,(H,22,23)(H,24,25). The summed E-state index contributed by atoms with van der Waals surface area (Å²) in [6, 6.07) is 10.8. The molecule has 1 atom stereocenters. The van der Waals surface area contributed by atoms with Gasteiger partial charge in [0.25, 0.3) is 0 Å². The summed E-state index contributed by atoms with van der Waals surface area (Å²) in [7, 11) is 0. The highest BCUT2D eigenvalue weighted by Gasteiger charge is 2.17. The van der Waals surface area contributed by atoms with Crippen LogP contribution in [0.5, 0.6) is 0 Å². The molecule has 1 unspecified atom stereocenters. The third kappa shape index (κ3) is 2.94. The van der Waals surface area contributed by atoms with Gasteiger partial charge in [0.05, 0.1) is 22.7 Å². The third-order valence-corrected chi connectivity index (χ3v) is 5.03. The fourth-order valence-corrected chi connectivity index (χ4v) is 3.71. The minimum Gasteiger partial charge on any atom is -0.377 e. The minimum absolute atomic E-state index is 0.219. The van der Waals surface area contributed by atoms with Crippen molar-refractivity contribution in [2.45, 2.75) is 19.4 Å². The molecule has 1 aliphatic heterocycles. The molecule has 1 fully saturated rings. The maximum atomic E-state index is 13.4. The molecular weight excluding hydrogens is 345 g/mol. The van der Waals surface area contributed by atoms with Gasteiger partial charge in [0.2, 0.25) is 0 Å². The molecule has 2 aromatic heterocycles. The number of halogens is 1. The summed E-state index contributed by atoms with van der Waals surface area (Å²) < 4.78 is 19.2. The second kappa shape index (κ2) is 6.35. The lowest BCUT2D eigenvalue weighted by Gasteiger charge is -2.24. The summed E-state index contributed by atoms with van der Waals surface area (Å²) in [5, 5.41) is 8.04. The van der Waals surface area contributed by atoms with Gasteiger partial charge in [0.15, 0.2) is 5.82 Å². The quantitative estimate of drug-likeness (QED) is 0.566. The molecule has 0 saturated carbocycles. The number of hydrogen-bond donors (Lipinski definition) is 2. The van der Waals surface area contributed by atoms with Crippen molar-refractivity contribution in [2.24, 2.45) is 0 Å². The Hall–Kier alpha value is -2.93. The second-order valence-corrected chi connectivity index (χ2v) is 7.03. The maximum Gasteiger partial charge on any atom is 0.159 e. The van der Waals surface area contributed by atoms with Gasteiger partial charge < -0.3 is 14.6 Å². The number of nitrogens with one attached hydrogen (secondary N) is 2. The van der Waals surface area contributed by atoms with Crippen molar-refractivity contribution in [3.8, 4) is 11.5 Å². The van der Waals surface area contributed by atoms with Crippen molar-refractivity contribution in [3.63, 3.8) is 0 Å². The molecule has 0 amide bonds. The summed E-state index contributed by atoms with van der Waals surface area (Å²) in [5.74, 6) is 0.384. The lowest BCUT2D eigenvalue weighted by Crippen LogP contribution is -2.29. The van der Waals surface area contributed by atoms with Crippen molar-refractivity contribution >= 4 is 27.6 Å². The molecule has 6 nitrogen and oxygen atoms in total. The van der Waals surface area contributed by atoms with Crippen molar-refractivity contribution in [1.82, 2.24) is 20.2 Å². The van der Waals surface area contributed by atoms with E-state index in [-0.39, 0.29) is 11.9 Å². The largest absolute Gasteiger partial charge is 0.377 e. The summed E-state index contributed by atoms with van der Waals surface area (Å²) in [5.41, 5.74) is 4.35. The average molecular weight is 365 g/mol. The van der Waals surface area contributed by atoms with Gasteiger partial charge in [-0.2, -0.15) is 5.10 Å². The molecule has 7 heteroatoms. The first-order valence-electron chi connectivity index (χ1n) is 9.18. The molecular formula is C20H20FN5O. The first-order chi connectivity index (χ1) is 13.2. The zero-order valence-corrected chi connectivity index (χ0v) is 15.0. The molecule has 0 bridgehead atoms. The van der Waals surface area contributed by atoms with Gasteiger partial charge in [0, 0.05) is 30.8 Å². The van der Waals surface area contributed by atoms with E-state index in [1.54, 1.807) is 6.07 Å². The van der Waals surface area contributed by atoms with E-state index < -0.39 is 0 Å². The molecule has 4 aromatic rings. The minimum atomic E-state index is -0.289. The molecule has 138 valence electrons. The van der Waals surface area contributed by atoms with Crippen molar-refractivity contribution in [1.29, 1.82) is 0 Å². The van der Waals surface area contributed by atoms with E-state index in [1.807, 2.05) is 6.07 Å². The number of hydrogen-bond acceptors (Lipinski definition) is 4. The van der Waals surface area contributed by atoms with E-state index in [1.165, 1.54) is 12.1 Å². The predicted molar refractivity (Wildman–Crippen MR) is 103 cm³/mol. The van der Waals surface area contributed by atoms with Crippen molar-refractivity contribution in [2.75, 3.05) is 24.6 Å². The summed E-state index contributed by atoms with van der Waals surface area (Å²) in [4.78, 5) is 10.4. The van der Waals surface area contributed by atoms with E-state index in [9.17, 15) is 4.39 Å². The number of fused-ring (bicyclic) bond motifs is 2. The number of aromatic amines is 2. The first kappa shape index (κ1) is 16.3. The zero-order chi connectivity index (χ0) is 18.4. The van der Waals surface area contributed by atoms with E-state index >= 15 is 0 Å². The molecule has 0 radical (unpaired) electrons. The van der Waals surface area contributed by atoms with Gasteiger partial charge in [0.1, 0.15) is 11.5 Å². The lowest BCUT2D eigenvalue weighted by atomic mass is 10.2. The SMILES string of the molecule is CC1CN(c2ccc3nc(-c4n[nH]c5cc(F)ccc45)[nH]c3c2)CCCO1. The number of anilines is 1. The van der Waals surface area contributed by atoms with Crippen LogP contribution in [0.25, 0.3) is 33.5 Å². The Morgan fingerprint density at radius 3 is 3.04 bits per heavy atom. The second-order valence-electron chi connectivity index (χ2n) is 7.03. The summed E-state index contributed by atoms with van der Waals surface area (Å²) >= 11 is 0. The molecule has 5 rings (SSSR count). The lowest BCUT2D eigenvalue weighted by molar-refractivity contribution is 0.0821. The van der Waals surface area contributed by atoms with Crippen LogP contribution >= 0.6 is 0 Å². The molecule has 1 saturated heterocycles. The molecule has 2 aromatic carbocycles. The Kier molecular flexibility index (Phi) is 3.82. The predicted octanol–water partition coefficient (Wildman–Crippen LogP) is 3.86. The van der Waals surface area contributed by atoms with Crippen LogP contribution in [0.15, 0.2) is 36.4 Å². The Balaban J connectivity index is 1.53. The number of aromatic nitrogens is 4. The van der Waals surface area contributed by atoms with Crippen LogP contribution in [0.3, 0.4) is 0 Å². The molecule has 3 heterocycles. The number of nitrogens with zero attached hydrogens (tertiary/aromatic N) is 3. The van der Waals surface area contributed by atoms with Crippen LogP contribution in [-0.4, -0.2) is 46.0 Å². The van der Waals surface area contributed by atoms with Crippen LogP contribution in [0, 0.1) is 5.82 Å². The number of imidazole rings is 1. The van der Waals surface area contributed by atoms with Crippen LogP contribution in [0.2, 0.25) is 0 Å². The molecule has 1 aliphatic rings. The van der Waals surface area contributed by atoms with Crippen LogP contribution in [0.4, 0.5) is 10.1 Å². The van der Waals surface area contributed by atoms with E-state index in [0.717, 1.165) is 48.2 Å². The Labute approximate surface area is 155 Å². The smallest absolute Gasteiger partial charge is 0.159 e. The normalized spacial score (nSPS) is 18.3. The Morgan fingerprint density at radius 1 is 1.19 bits per heavy atom. The van der Waals surface area contributed by atoms with Crippen molar-refractivity contribution < 1.29 is 9.13 Å². The number of ether oxygens (including phenoxy) is 1. The highest BCUT2D eigenvalue weighted by molar-refractivity contribution is 5.93. The number of benzene rings is 2. The van der Waals surface area contributed by atoms with Gasteiger partial charge in [-0.25, -0.2) is 9.37 Å². The zero-order valence-electron chi connectivity index (χ0n) is 15.0. The third-order valence-electron chi connectivity index (χ3n) is 5.03. The molecule has 0 spiro atoms. The Morgan fingerprint density at radius 2 is 2.11 bits per heavy atom. The van der Waals surface area contributed by atoms with Gasteiger partial charge >= 0.3 is 0 Å². The highest BCUT2D eigenvalue weighted by atomic mass is 19.1. The first-order valence-corrected chi connectivity index (χ1v) is 9.18. The van der Waals surface area contributed by atoms with Crippen LogP contribution in [0.1, 0.15) is 13.3 Å². The molecule has 27 heavy (non-hydrogen) atoms. The summed E-state index contributed by atoms with van der Waals surface area (Å²) in [6.45, 7) is 4.77. The van der Waals surface area contributed by atoms with Gasteiger partial charge in [-0.3, -0.25) is 5.10 Å². The van der Waals surface area contributed by atoms with Gasteiger partial charge in [-0.1, -0.05) is 0 Å². The van der Waals surface area contributed by atoms with E-state index in [4.69, 9.17) is 4.74 Å². The van der Waals surface area contributed by atoms with Crippen LogP contribution in [-0.2, 0) is 4.74 Å². The number of H-pyrrole nitrogens is 2. The van der Waals surface area contributed by atoms with E-state index in [2.05, 4.69) is 44.1 Å². The highest BCUT2D eigenvalue weighted by Crippen LogP contribution is 2.28. The topological polar surface area (TPSA) is 69.8 Å². The van der Waals surface area contributed by atoms with Gasteiger partial charge in [-0.15, -0.1) is 0 Å². The fourth-order valence-electron chi connectivity index (χ4n) is 3.71. The maximum absolute atomic E-state index is 13.4. The average Bonchev–Trinajstić information content (AvgIpc) is 3.20. The van der Waals surface area contributed by atoms with Crippen molar-refractivity contribution in [3.05, 3.63) is 42.2 Å².